The molecule has 1 heterocycles. The van der Waals surface area contributed by atoms with E-state index in [9.17, 15) is 0 Å². The van der Waals surface area contributed by atoms with E-state index in [-0.39, 0.29) is 0 Å². The smallest absolute Gasteiger partial charge is 0.0607 e. The van der Waals surface area contributed by atoms with Gasteiger partial charge in [-0.2, -0.15) is 0 Å². The van der Waals surface area contributed by atoms with E-state index in [4.69, 9.17) is 4.74 Å². The van der Waals surface area contributed by atoms with Gasteiger partial charge < -0.3 is 4.74 Å². The molecule has 0 bridgehead atoms. The van der Waals surface area contributed by atoms with Crippen molar-refractivity contribution in [3.05, 3.63) is 12.7 Å². The van der Waals surface area contributed by atoms with Gasteiger partial charge in [0.1, 0.15) is 0 Å². The predicted octanol–water partition coefficient (Wildman–Crippen LogP) is 4.96. The molecule has 1 rings (SSSR count). The second-order valence-corrected chi connectivity index (χ2v) is 5.54. The molecule has 1 fully saturated rings. The van der Waals surface area contributed by atoms with E-state index < -0.39 is 0 Å². The SMILES string of the molecule is C=C[C@@H]1CO[C@@H](CCCCCCCCC)[C@@H]1C. The van der Waals surface area contributed by atoms with Crippen LogP contribution in [0.25, 0.3) is 0 Å². The van der Waals surface area contributed by atoms with Crippen molar-refractivity contribution in [2.45, 2.75) is 71.3 Å². The third-order valence-electron chi connectivity index (χ3n) is 4.16. The molecule has 1 saturated heterocycles. The standard InChI is InChI=1S/C16H30O/c1-4-6-7-8-9-10-11-12-16-14(3)15(5-2)13-17-16/h5,14-16H,2,4,6-13H2,1,3H3/t14-,15-,16+/m1/s1. The van der Waals surface area contributed by atoms with Crippen LogP contribution in [0.2, 0.25) is 0 Å². The normalized spacial score (nSPS) is 28.5. The quantitative estimate of drug-likeness (QED) is 0.407. The molecule has 0 aliphatic carbocycles. The molecule has 3 atom stereocenters. The number of ether oxygens (including phenoxy) is 1. The van der Waals surface area contributed by atoms with Crippen molar-refractivity contribution in [2.75, 3.05) is 6.61 Å². The molecule has 0 amide bonds. The Morgan fingerprint density at radius 1 is 1.12 bits per heavy atom. The first-order valence-electron chi connectivity index (χ1n) is 7.53. The molecule has 100 valence electrons. The Bertz CT molecular complexity index is 200. The van der Waals surface area contributed by atoms with E-state index in [0.717, 1.165) is 6.61 Å². The molecule has 0 spiro atoms. The van der Waals surface area contributed by atoms with Gasteiger partial charge in [0.15, 0.2) is 0 Å². The van der Waals surface area contributed by atoms with Gasteiger partial charge in [-0.3, -0.25) is 0 Å². The fraction of sp³-hybridized carbons (Fsp3) is 0.875. The minimum atomic E-state index is 0.494. The summed E-state index contributed by atoms with van der Waals surface area (Å²) in [5, 5.41) is 0. The van der Waals surface area contributed by atoms with E-state index >= 15 is 0 Å². The number of hydrogen-bond donors (Lipinski definition) is 0. The van der Waals surface area contributed by atoms with Crippen LogP contribution in [0.5, 0.6) is 0 Å². The van der Waals surface area contributed by atoms with Gasteiger partial charge in [0, 0.05) is 5.92 Å². The molecule has 0 N–H and O–H groups in total. The lowest BCUT2D eigenvalue weighted by atomic mass is 9.90. The fourth-order valence-electron chi connectivity index (χ4n) is 2.75. The lowest BCUT2D eigenvalue weighted by Crippen LogP contribution is -2.16. The van der Waals surface area contributed by atoms with Crippen molar-refractivity contribution in [3.63, 3.8) is 0 Å². The minimum absolute atomic E-state index is 0.494. The molecule has 17 heavy (non-hydrogen) atoms. The Labute approximate surface area is 108 Å². The molecule has 0 aromatic heterocycles. The van der Waals surface area contributed by atoms with Crippen LogP contribution in [0.15, 0.2) is 12.7 Å². The summed E-state index contributed by atoms with van der Waals surface area (Å²) in [6.07, 6.45) is 13.5. The van der Waals surface area contributed by atoms with Crippen molar-refractivity contribution in [1.82, 2.24) is 0 Å². The summed E-state index contributed by atoms with van der Waals surface area (Å²) in [5.41, 5.74) is 0. The molecule has 0 saturated carbocycles. The highest BCUT2D eigenvalue weighted by Gasteiger charge is 2.30. The van der Waals surface area contributed by atoms with Crippen LogP contribution in [-0.2, 0) is 4.74 Å². The first kappa shape index (κ1) is 14.8. The largest absolute Gasteiger partial charge is 0.377 e. The van der Waals surface area contributed by atoms with Crippen molar-refractivity contribution in [3.8, 4) is 0 Å². The summed E-state index contributed by atoms with van der Waals surface area (Å²) in [7, 11) is 0. The van der Waals surface area contributed by atoms with E-state index in [0.29, 0.717) is 17.9 Å². The van der Waals surface area contributed by atoms with Crippen LogP contribution in [0, 0.1) is 11.8 Å². The molecule has 1 aliphatic rings. The maximum absolute atomic E-state index is 5.84. The minimum Gasteiger partial charge on any atom is -0.377 e. The summed E-state index contributed by atoms with van der Waals surface area (Å²) in [5.74, 6) is 1.26. The summed E-state index contributed by atoms with van der Waals surface area (Å²) in [6.45, 7) is 9.36. The molecule has 0 unspecified atom stereocenters. The van der Waals surface area contributed by atoms with Crippen LogP contribution in [0.1, 0.15) is 65.2 Å². The topological polar surface area (TPSA) is 9.23 Å². The van der Waals surface area contributed by atoms with Gasteiger partial charge in [0.05, 0.1) is 12.7 Å². The monoisotopic (exact) mass is 238 g/mol. The molecular weight excluding hydrogens is 208 g/mol. The molecule has 1 aliphatic heterocycles. The third-order valence-corrected chi connectivity index (χ3v) is 4.16. The zero-order chi connectivity index (χ0) is 12.5. The summed E-state index contributed by atoms with van der Waals surface area (Å²) >= 11 is 0. The summed E-state index contributed by atoms with van der Waals surface area (Å²) in [6, 6.07) is 0. The lowest BCUT2D eigenvalue weighted by Gasteiger charge is -2.16. The van der Waals surface area contributed by atoms with Crippen LogP contribution in [0.3, 0.4) is 0 Å². The van der Waals surface area contributed by atoms with Gasteiger partial charge >= 0.3 is 0 Å². The lowest BCUT2D eigenvalue weighted by molar-refractivity contribution is 0.0843. The molecule has 1 nitrogen and oxygen atoms in total. The molecule has 0 aromatic rings. The average molecular weight is 238 g/mol. The predicted molar refractivity (Wildman–Crippen MR) is 75.2 cm³/mol. The van der Waals surface area contributed by atoms with Crippen molar-refractivity contribution in [1.29, 1.82) is 0 Å². The Kier molecular flexibility index (Phi) is 7.59. The number of unbranched alkanes of at least 4 members (excludes halogenated alkanes) is 6. The van der Waals surface area contributed by atoms with E-state index in [1.54, 1.807) is 0 Å². The average Bonchev–Trinajstić information content (AvgIpc) is 2.69. The van der Waals surface area contributed by atoms with Gasteiger partial charge in [0.25, 0.3) is 0 Å². The van der Waals surface area contributed by atoms with Crippen LogP contribution in [0.4, 0.5) is 0 Å². The Morgan fingerprint density at radius 3 is 2.35 bits per heavy atom. The zero-order valence-corrected chi connectivity index (χ0v) is 11.8. The summed E-state index contributed by atoms with van der Waals surface area (Å²) in [4.78, 5) is 0. The zero-order valence-electron chi connectivity index (χ0n) is 11.8. The van der Waals surface area contributed by atoms with Gasteiger partial charge in [0.2, 0.25) is 0 Å². The highest BCUT2D eigenvalue weighted by atomic mass is 16.5. The number of rotatable bonds is 9. The Hall–Kier alpha value is -0.300. The highest BCUT2D eigenvalue weighted by Crippen LogP contribution is 2.30. The molecule has 1 heteroatoms. The second kappa shape index (κ2) is 8.74. The van der Waals surface area contributed by atoms with Gasteiger partial charge in [-0.1, -0.05) is 64.9 Å². The molecule has 0 radical (unpaired) electrons. The van der Waals surface area contributed by atoms with Crippen LogP contribution in [-0.4, -0.2) is 12.7 Å². The van der Waals surface area contributed by atoms with E-state index in [2.05, 4.69) is 26.5 Å². The molecular formula is C16H30O. The van der Waals surface area contributed by atoms with Crippen molar-refractivity contribution >= 4 is 0 Å². The first-order valence-corrected chi connectivity index (χ1v) is 7.53. The maximum Gasteiger partial charge on any atom is 0.0607 e. The highest BCUT2D eigenvalue weighted by molar-refractivity contribution is 4.90. The van der Waals surface area contributed by atoms with Crippen molar-refractivity contribution in [2.24, 2.45) is 11.8 Å². The van der Waals surface area contributed by atoms with Gasteiger partial charge in [-0.25, -0.2) is 0 Å². The second-order valence-electron chi connectivity index (χ2n) is 5.54. The third kappa shape index (κ3) is 5.25. The first-order chi connectivity index (χ1) is 8.29. The van der Waals surface area contributed by atoms with Gasteiger partial charge in [-0.05, 0) is 12.3 Å². The Morgan fingerprint density at radius 2 is 1.76 bits per heavy atom. The van der Waals surface area contributed by atoms with E-state index in [1.165, 1.54) is 51.4 Å². The van der Waals surface area contributed by atoms with Crippen molar-refractivity contribution < 1.29 is 4.74 Å². The van der Waals surface area contributed by atoms with E-state index in [1.807, 2.05) is 0 Å². The van der Waals surface area contributed by atoms with Crippen LogP contribution < -0.4 is 0 Å². The Balaban J connectivity index is 1.98. The maximum atomic E-state index is 5.84. The summed E-state index contributed by atoms with van der Waals surface area (Å²) < 4.78 is 5.84. The number of hydrogen-bond acceptors (Lipinski definition) is 1. The van der Waals surface area contributed by atoms with Gasteiger partial charge in [-0.15, -0.1) is 6.58 Å². The molecule has 0 aromatic carbocycles. The fourth-order valence-corrected chi connectivity index (χ4v) is 2.75. The van der Waals surface area contributed by atoms with Crippen LogP contribution >= 0.6 is 0 Å².